The Kier molecular flexibility index (Phi) is 37.5. The molecule has 0 radical (unpaired) electrons. The van der Waals surface area contributed by atoms with Crippen LogP contribution in [-0.4, -0.2) is 36.2 Å². The molecule has 0 spiro atoms. The predicted octanol–water partition coefficient (Wildman–Crippen LogP) is 10.9. The van der Waals surface area contributed by atoms with Crippen LogP contribution >= 0.6 is 0 Å². The number of ether oxygens (including phenoxy) is 2. The fourth-order valence-electron chi connectivity index (χ4n) is 4.00. The summed E-state index contributed by atoms with van der Waals surface area (Å²) in [5, 5.41) is 7.89. The van der Waals surface area contributed by atoms with Gasteiger partial charge >= 0.3 is 17.9 Å². The average Bonchev–Trinajstić information content (AvgIpc) is 2.96. The molecule has 0 aliphatic carbocycles. The van der Waals surface area contributed by atoms with Crippen LogP contribution in [0.15, 0.2) is 37.0 Å². The summed E-state index contributed by atoms with van der Waals surface area (Å²) < 4.78 is 9.93. The smallest absolute Gasteiger partial charge is 0.333 e. The number of carboxylic acids is 1. The van der Waals surface area contributed by atoms with Crippen LogP contribution in [0, 0.1) is 5.92 Å². The molecule has 6 heteroatoms. The molecule has 43 heavy (non-hydrogen) atoms. The van der Waals surface area contributed by atoms with Gasteiger partial charge in [0.1, 0.15) is 0 Å². The SMILES string of the molecule is C=C(C)C(=O)O.C=C(C)C(=O)OCCCCCCCCCCCCCCCCCC.C=CC(=O)OCCCCCC(C)C. The molecule has 0 amide bonds. The highest BCUT2D eigenvalue weighted by Crippen LogP contribution is 2.14. The minimum Gasteiger partial charge on any atom is -0.478 e. The van der Waals surface area contributed by atoms with Crippen molar-refractivity contribution >= 4 is 17.9 Å². The molecular formula is C37H68O6. The van der Waals surface area contributed by atoms with Crippen molar-refractivity contribution in [1.82, 2.24) is 0 Å². The molecule has 0 fully saturated rings. The van der Waals surface area contributed by atoms with E-state index in [1.807, 2.05) is 0 Å². The molecule has 1 N–H and O–H groups in total. The second kappa shape index (κ2) is 35.8. The van der Waals surface area contributed by atoms with Gasteiger partial charge in [-0.25, -0.2) is 14.4 Å². The van der Waals surface area contributed by atoms with E-state index in [9.17, 15) is 14.4 Å². The summed E-state index contributed by atoms with van der Waals surface area (Å²) in [6.07, 6.45) is 27.5. The van der Waals surface area contributed by atoms with Gasteiger partial charge in [0.05, 0.1) is 13.2 Å². The number of rotatable bonds is 26. The molecule has 0 atom stereocenters. The summed E-state index contributed by atoms with van der Waals surface area (Å²) in [6, 6.07) is 0. The zero-order chi connectivity index (χ0) is 33.1. The molecule has 0 aliphatic heterocycles. The van der Waals surface area contributed by atoms with Crippen LogP contribution in [0.2, 0.25) is 0 Å². The standard InChI is InChI=1S/C22H42O2.C11H20O2.C4H6O2/c1-4-5-6-7-8-9-10-11-12-13-14-15-16-17-18-19-20-24-22(23)21(2)3;1-4-11(12)13-9-7-5-6-8-10(2)3;1-3(2)4(5)6/h2,4-20H2,1,3H3;4,10H,1,5-9H2,2-3H3;1H2,2H3,(H,5,6). The molecule has 0 aromatic heterocycles. The van der Waals surface area contributed by atoms with Crippen LogP contribution in [-0.2, 0) is 23.9 Å². The molecule has 0 saturated carbocycles. The van der Waals surface area contributed by atoms with E-state index in [0.717, 1.165) is 25.2 Å². The zero-order valence-corrected chi connectivity index (χ0v) is 28.8. The average molecular weight is 609 g/mol. The van der Waals surface area contributed by atoms with Crippen molar-refractivity contribution in [3.8, 4) is 0 Å². The Morgan fingerprint density at radius 2 is 0.977 bits per heavy atom. The molecule has 6 nitrogen and oxygen atoms in total. The maximum atomic E-state index is 11.2. The van der Waals surface area contributed by atoms with Gasteiger partial charge in [-0.3, -0.25) is 0 Å². The Morgan fingerprint density at radius 1 is 0.628 bits per heavy atom. The molecular weight excluding hydrogens is 540 g/mol. The van der Waals surface area contributed by atoms with E-state index in [1.54, 1.807) is 6.92 Å². The molecule has 0 rings (SSSR count). The van der Waals surface area contributed by atoms with Crippen LogP contribution in [0.5, 0.6) is 0 Å². The van der Waals surface area contributed by atoms with E-state index in [1.165, 1.54) is 122 Å². The van der Waals surface area contributed by atoms with E-state index >= 15 is 0 Å². The molecule has 0 saturated heterocycles. The topological polar surface area (TPSA) is 89.9 Å². The van der Waals surface area contributed by atoms with Crippen molar-refractivity contribution in [1.29, 1.82) is 0 Å². The van der Waals surface area contributed by atoms with Gasteiger partial charge in [0.2, 0.25) is 0 Å². The lowest BCUT2D eigenvalue weighted by Gasteiger charge is -2.05. The van der Waals surface area contributed by atoms with Crippen LogP contribution in [0.4, 0.5) is 0 Å². The zero-order valence-electron chi connectivity index (χ0n) is 28.8. The van der Waals surface area contributed by atoms with E-state index in [2.05, 4.69) is 40.5 Å². The second-order valence-corrected chi connectivity index (χ2v) is 11.9. The molecule has 0 heterocycles. The number of unbranched alkanes of at least 4 members (excludes halogenated alkanes) is 17. The molecule has 252 valence electrons. The maximum absolute atomic E-state index is 11.2. The number of hydrogen-bond acceptors (Lipinski definition) is 5. The molecule has 0 unspecified atom stereocenters. The molecule has 0 aromatic rings. The number of carbonyl (C=O) groups is 3. The van der Waals surface area contributed by atoms with Gasteiger partial charge in [-0.2, -0.15) is 0 Å². The number of hydrogen-bond donors (Lipinski definition) is 1. The molecule has 0 aliphatic rings. The van der Waals surface area contributed by atoms with E-state index in [0.29, 0.717) is 18.8 Å². The maximum Gasteiger partial charge on any atom is 0.333 e. The minimum absolute atomic E-state index is 0.176. The summed E-state index contributed by atoms with van der Waals surface area (Å²) in [6.45, 7) is 21.0. The largest absolute Gasteiger partial charge is 0.478 e. The van der Waals surface area contributed by atoms with Crippen molar-refractivity contribution in [2.24, 2.45) is 5.92 Å². The second-order valence-electron chi connectivity index (χ2n) is 11.9. The Labute approximate surface area is 265 Å². The fourth-order valence-corrected chi connectivity index (χ4v) is 4.00. The lowest BCUT2D eigenvalue weighted by Crippen LogP contribution is -2.05. The van der Waals surface area contributed by atoms with Gasteiger partial charge in [0, 0.05) is 17.2 Å². The lowest BCUT2D eigenvalue weighted by atomic mass is 10.0. The summed E-state index contributed by atoms with van der Waals surface area (Å²) in [7, 11) is 0. The number of carbonyl (C=O) groups excluding carboxylic acids is 2. The quantitative estimate of drug-likeness (QED) is 0.0597. The van der Waals surface area contributed by atoms with E-state index in [-0.39, 0.29) is 17.5 Å². The fraction of sp³-hybridized carbons (Fsp3) is 0.757. The number of aliphatic carboxylic acids is 1. The van der Waals surface area contributed by atoms with Crippen LogP contribution in [0.25, 0.3) is 0 Å². The van der Waals surface area contributed by atoms with Crippen molar-refractivity contribution in [3.05, 3.63) is 37.0 Å². The van der Waals surface area contributed by atoms with Crippen LogP contribution in [0.3, 0.4) is 0 Å². The van der Waals surface area contributed by atoms with Crippen molar-refractivity contribution in [2.45, 2.75) is 163 Å². The van der Waals surface area contributed by atoms with Crippen molar-refractivity contribution < 1.29 is 29.0 Å². The van der Waals surface area contributed by atoms with Crippen molar-refractivity contribution in [3.63, 3.8) is 0 Å². The molecule has 0 bridgehead atoms. The Bertz CT molecular complexity index is 698. The third kappa shape index (κ3) is 44.2. The normalized spacial score (nSPS) is 10.1. The minimum atomic E-state index is -0.935. The van der Waals surface area contributed by atoms with E-state index in [4.69, 9.17) is 14.6 Å². The first-order valence-corrected chi connectivity index (χ1v) is 17.0. The third-order valence-corrected chi connectivity index (χ3v) is 6.78. The van der Waals surface area contributed by atoms with Crippen molar-refractivity contribution in [2.75, 3.05) is 13.2 Å². The van der Waals surface area contributed by atoms with Gasteiger partial charge in [0.15, 0.2) is 0 Å². The highest BCUT2D eigenvalue weighted by Gasteiger charge is 2.02. The monoisotopic (exact) mass is 609 g/mol. The Balaban J connectivity index is -0.000000698. The van der Waals surface area contributed by atoms with Crippen LogP contribution in [0.1, 0.15) is 163 Å². The third-order valence-electron chi connectivity index (χ3n) is 6.78. The number of esters is 2. The summed E-state index contributed by atoms with van der Waals surface area (Å²) in [5.41, 5.74) is 0.668. The van der Waals surface area contributed by atoms with Gasteiger partial charge < -0.3 is 14.6 Å². The Hall–Kier alpha value is -2.37. The van der Waals surface area contributed by atoms with Gasteiger partial charge in [-0.1, -0.05) is 156 Å². The number of carboxylic acid groups (broad SMARTS) is 1. The summed E-state index contributed by atoms with van der Waals surface area (Å²) >= 11 is 0. The summed E-state index contributed by atoms with van der Waals surface area (Å²) in [4.78, 5) is 31.4. The van der Waals surface area contributed by atoms with Gasteiger partial charge in [-0.15, -0.1) is 0 Å². The Morgan fingerprint density at radius 3 is 1.30 bits per heavy atom. The molecule has 0 aromatic carbocycles. The van der Waals surface area contributed by atoms with Crippen LogP contribution < -0.4 is 0 Å². The lowest BCUT2D eigenvalue weighted by molar-refractivity contribution is -0.139. The first-order valence-electron chi connectivity index (χ1n) is 17.0. The van der Waals surface area contributed by atoms with Gasteiger partial charge in [0.25, 0.3) is 0 Å². The van der Waals surface area contributed by atoms with Gasteiger partial charge in [-0.05, 0) is 32.6 Å². The summed E-state index contributed by atoms with van der Waals surface area (Å²) in [5.74, 6) is -0.731. The van der Waals surface area contributed by atoms with E-state index < -0.39 is 5.97 Å². The first-order chi connectivity index (χ1) is 20.5. The highest BCUT2D eigenvalue weighted by atomic mass is 16.5. The highest BCUT2D eigenvalue weighted by molar-refractivity contribution is 5.86. The first kappa shape index (κ1) is 45.1. The predicted molar refractivity (Wildman–Crippen MR) is 182 cm³/mol.